The van der Waals surface area contributed by atoms with Gasteiger partial charge >= 0.3 is 6.09 Å². The van der Waals surface area contributed by atoms with Crippen molar-refractivity contribution >= 4 is 41.5 Å². The van der Waals surface area contributed by atoms with Crippen LogP contribution < -0.4 is 15.4 Å². The Bertz CT molecular complexity index is 1340. The maximum absolute atomic E-state index is 13.5. The molecule has 1 aliphatic carbocycles. The fourth-order valence-electron chi connectivity index (χ4n) is 6.08. The maximum Gasteiger partial charge on any atom is 0.417 e. The van der Waals surface area contributed by atoms with Gasteiger partial charge in [-0.15, -0.1) is 0 Å². The van der Waals surface area contributed by atoms with Crippen LogP contribution in [0.1, 0.15) is 81.6 Å². The molecule has 2 aromatic carbocycles. The molecule has 44 heavy (non-hydrogen) atoms. The second kappa shape index (κ2) is 15.8. The van der Waals surface area contributed by atoms with Crippen LogP contribution in [0.2, 0.25) is 5.02 Å². The Labute approximate surface area is 269 Å². The molecule has 0 bridgehead atoms. The first kappa shape index (κ1) is 33.9. The van der Waals surface area contributed by atoms with E-state index in [0.29, 0.717) is 30.3 Å². The van der Waals surface area contributed by atoms with Crippen molar-refractivity contribution in [1.82, 2.24) is 15.4 Å². The van der Waals surface area contributed by atoms with Crippen LogP contribution in [0.5, 0.6) is 0 Å². The van der Waals surface area contributed by atoms with Gasteiger partial charge in [-0.3, -0.25) is 14.3 Å². The molecule has 3 atom stereocenters. The number of aryl methyl sites for hydroxylation is 1. The number of halogens is 1. The van der Waals surface area contributed by atoms with Gasteiger partial charge in [0.2, 0.25) is 11.8 Å². The topological polar surface area (TPSA) is 117 Å². The normalized spacial score (nSPS) is 19.2. The fourth-order valence-corrected chi connectivity index (χ4v) is 7.09. The van der Waals surface area contributed by atoms with Gasteiger partial charge in [-0.25, -0.2) is 4.79 Å². The molecule has 2 aliphatic rings. The minimum absolute atomic E-state index is 0.119. The highest BCUT2D eigenvalue weighted by Gasteiger charge is 2.37. The molecule has 0 radical (unpaired) electrons. The smallest absolute Gasteiger partial charge is 0.417 e. The van der Waals surface area contributed by atoms with E-state index in [1.165, 1.54) is 6.42 Å². The second-order valence-corrected chi connectivity index (χ2v) is 13.9. The Morgan fingerprint density at radius 2 is 1.89 bits per heavy atom. The molecule has 2 fully saturated rings. The summed E-state index contributed by atoms with van der Waals surface area (Å²) >= 11 is 7.36. The lowest BCUT2D eigenvalue weighted by molar-refractivity contribution is -0.122. The van der Waals surface area contributed by atoms with Crippen LogP contribution in [-0.4, -0.2) is 41.4 Å². The monoisotopic (exact) mass is 641 g/mol. The van der Waals surface area contributed by atoms with Gasteiger partial charge in [-0.1, -0.05) is 106 Å². The van der Waals surface area contributed by atoms with E-state index in [1.54, 1.807) is 6.08 Å². The van der Waals surface area contributed by atoms with Gasteiger partial charge in [-0.05, 0) is 60.9 Å². The summed E-state index contributed by atoms with van der Waals surface area (Å²) in [6.07, 6.45) is 7.00. The van der Waals surface area contributed by atoms with Crippen LogP contribution in [0, 0.1) is 18.8 Å². The van der Waals surface area contributed by atoms with Crippen LogP contribution in [0.25, 0.3) is 0 Å². The quantitative estimate of drug-likeness (QED) is 0.196. The molecule has 4 rings (SSSR count). The molecule has 8 nitrogen and oxygen atoms in total. The third kappa shape index (κ3) is 9.25. The summed E-state index contributed by atoms with van der Waals surface area (Å²) in [5.41, 5.74) is 2.47. The third-order valence-electron chi connectivity index (χ3n) is 8.59. The number of carbonyl (C=O) groups excluding carboxylic acids is 3. The number of nitrogens with one attached hydrogen (secondary N) is 3. The molecule has 3 amide bonds. The lowest BCUT2D eigenvalue weighted by atomic mass is 9.76. The highest BCUT2D eigenvalue weighted by atomic mass is 35.5. The Morgan fingerprint density at radius 1 is 1.14 bits per heavy atom. The average Bonchev–Trinajstić information content (AvgIpc) is 3.41. The number of benzene rings is 2. The first-order chi connectivity index (χ1) is 21.1. The predicted octanol–water partition coefficient (Wildman–Crippen LogP) is 6.51. The number of aliphatic hydroxyl groups excluding tert-OH is 1. The van der Waals surface area contributed by atoms with Crippen molar-refractivity contribution in [1.29, 1.82) is 0 Å². The van der Waals surface area contributed by atoms with E-state index >= 15 is 0 Å². The summed E-state index contributed by atoms with van der Waals surface area (Å²) in [6, 6.07) is 15.4. The van der Waals surface area contributed by atoms with Crippen molar-refractivity contribution in [3.8, 4) is 0 Å². The molecule has 4 N–H and O–H groups in total. The number of hydrogen-bond acceptors (Lipinski definition) is 6. The SMILES string of the molecule is Cc1cccc(C(OC(=O)NS[C@@H](CC2CCCCC2)C(=O)N/C(=C/[C@@H]2CCNC2=O)CO)C(C)(C)c2cccc(Cl)c2)c1. The number of aliphatic hydroxyl groups is 1. The summed E-state index contributed by atoms with van der Waals surface area (Å²) in [5, 5.41) is 15.5. The van der Waals surface area contributed by atoms with Gasteiger partial charge < -0.3 is 20.5 Å². The minimum Gasteiger partial charge on any atom is -0.440 e. The molecular weight excluding hydrogens is 598 g/mol. The molecule has 1 saturated heterocycles. The molecule has 10 heteroatoms. The summed E-state index contributed by atoms with van der Waals surface area (Å²) in [7, 11) is 0. The number of hydrogen-bond donors (Lipinski definition) is 4. The van der Waals surface area contributed by atoms with Crippen molar-refractivity contribution in [2.45, 2.75) is 82.5 Å². The van der Waals surface area contributed by atoms with Gasteiger partial charge in [0.05, 0.1) is 12.5 Å². The predicted molar refractivity (Wildman–Crippen MR) is 175 cm³/mol. The maximum atomic E-state index is 13.5. The third-order valence-corrected chi connectivity index (χ3v) is 9.80. The summed E-state index contributed by atoms with van der Waals surface area (Å²) < 4.78 is 8.93. The Balaban J connectivity index is 1.50. The van der Waals surface area contributed by atoms with Gasteiger partial charge in [0.1, 0.15) is 11.4 Å². The van der Waals surface area contributed by atoms with E-state index in [1.807, 2.05) is 69.3 Å². The van der Waals surface area contributed by atoms with Crippen LogP contribution in [0.15, 0.2) is 60.3 Å². The van der Waals surface area contributed by atoms with Crippen molar-refractivity contribution in [2.24, 2.45) is 11.8 Å². The molecule has 1 heterocycles. The summed E-state index contributed by atoms with van der Waals surface area (Å²) in [6.45, 7) is 6.18. The van der Waals surface area contributed by atoms with E-state index in [0.717, 1.165) is 54.3 Å². The summed E-state index contributed by atoms with van der Waals surface area (Å²) in [4.78, 5) is 39.0. The zero-order chi connectivity index (χ0) is 31.7. The lowest BCUT2D eigenvalue weighted by Gasteiger charge is -2.35. The van der Waals surface area contributed by atoms with E-state index in [2.05, 4.69) is 15.4 Å². The van der Waals surface area contributed by atoms with Crippen molar-refractivity contribution in [3.63, 3.8) is 0 Å². The standard InChI is InChI=1S/C34H44ClN3O5S/c1-22-9-7-12-24(17-22)30(34(2,3)26-13-8-14-27(35)20-26)43-33(42)38-44-29(18-23-10-5-4-6-11-23)32(41)37-28(21-39)19-25-15-16-36-31(25)40/h7-9,12-14,17,19-20,23,25,29-30,39H,4-6,10-11,15-16,18,21H2,1-3H3,(H,36,40)(H,37,41)(H,38,42)/b28-19+/t25-,29-,30?/m0/s1. The van der Waals surface area contributed by atoms with Gasteiger partial charge in [-0.2, -0.15) is 0 Å². The zero-order valence-electron chi connectivity index (χ0n) is 25.7. The van der Waals surface area contributed by atoms with Gasteiger partial charge in [0.25, 0.3) is 0 Å². The minimum atomic E-state index is -0.654. The van der Waals surface area contributed by atoms with E-state index < -0.39 is 35.4 Å². The van der Waals surface area contributed by atoms with Crippen molar-refractivity contribution in [2.75, 3.05) is 13.2 Å². The number of amides is 3. The van der Waals surface area contributed by atoms with Crippen LogP contribution >= 0.6 is 23.5 Å². The molecule has 1 aliphatic heterocycles. The Hall–Kier alpha value is -3.01. The Morgan fingerprint density at radius 3 is 2.55 bits per heavy atom. The van der Waals surface area contributed by atoms with E-state index in [4.69, 9.17) is 16.3 Å². The highest BCUT2D eigenvalue weighted by Crippen LogP contribution is 2.41. The molecule has 1 saturated carbocycles. The van der Waals surface area contributed by atoms with Crippen LogP contribution in [0.3, 0.4) is 0 Å². The highest BCUT2D eigenvalue weighted by molar-refractivity contribution is 7.99. The molecule has 2 aromatic rings. The lowest BCUT2D eigenvalue weighted by Crippen LogP contribution is -2.38. The zero-order valence-corrected chi connectivity index (χ0v) is 27.3. The van der Waals surface area contributed by atoms with E-state index in [9.17, 15) is 19.5 Å². The Kier molecular flexibility index (Phi) is 12.2. The number of ether oxygens (including phenoxy) is 1. The van der Waals surface area contributed by atoms with Crippen molar-refractivity contribution in [3.05, 3.63) is 82.0 Å². The molecular formula is C34H44ClN3O5S. The largest absolute Gasteiger partial charge is 0.440 e. The second-order valence-electron chi connectivity index (χ2n) is 12.4. The van der Waals surface area contributed by atoms with Crippen LogP contribution in [-0.2, 0) is 19.7 Å². The number of rotatable bonds is 12. The molecule has 0 aromatic heterocycles. The average molecular weight is 642 g/mol. The van der Waals surface area contributed by atoms with Gasteiger partial charge in [0.15, 0.2) is 0 Å². The first-order valence-corrected chi connectivity index (χ1v) is 16.7. The van der Waals surface area contributed by atoms with E-state index in [-0.39, 0.29) is 17.5 Å². The van der Waals surface area contributed by atoms with Crippen molar-refractivity contribution < 1.29 is 24.2 Å². The number of carbonyl (C=O) groups is 3. The molecule has 0 spiro atoms. The first-order valence-electron chi connectivity index (χ1n) is 15.4. The fraction of sp³-hybridized carbons (Fsp3) is 0.500. The van der Waals surface area contributed by atoms with Crippen LogP contribution in [0.4, 0.5) is 4.79 Å². The van der Waals surface area contributed by atoms with Gasteiger partial charge in [0, 0.05) is 22.7 Å². The molecule has 238 valence electrons. The summed E-state index contributed by atoms with van der Waals surface area (Å²) in [5.74, 6) is -0.481. The molecule has 1 unspecified atom stereocenters.